The Morgan fingerprint density at radius 1 is 1.55 bits per heavy atom. The van der Waals surface area contributed by atoms with Gasteiger partial charge in [0.2, 0.25) is 5.91 Å². The van der Waals surface area contributed by atoms with Crippen molar-refractivity contribution in [2.75, 3.05) is 5.75 Å². The van der Waals surface area contributed by atoms with Crippen LogP contribution >= 0.6 is 11.8 Å². The normalized spacial score (nSPS) is 16.1. The average molecular weight is 296 g/mol. The molecule has 6 heteroatoms. The lowest BCUT2D eigenvalue weighted by Crippen LogP contribution is -2.33. The Kier molecular flexibility index (Phi) is 5.88. The summed E-state index contributed by atoms with van der Waals surface area (Å²) >= 11 is 1.48. The van der Waals surface area contributed by atoms with Crippen molar-refractivity contribution >= 4 is 17.7 Å². The standard InChI is InChI=1S/C14H24N4OS/c1-3-4-5-6-11(2)16-13(19)9-20-14-17-15-10-18(14)12-7-8-12/h10-12H,3-9H2,1-2H3,(H,16,19). The summed E-state index contributed by atoms with van der Waals surface area (Å²) in [5.74, 6) is 0.508. The van der Waals surface area contributed by atoms with Crippen molar-refractivity contribution in [1.29, 1.82) is 0 Å². The molecule has 1 saturated carbocycles. The van der Waals surface area contributed by atoms with E-state index in [-0.39, 0.29) is 11.9 Å². The molecule has 1 aromatic heterocycles. The molecule has 0 aromatic carbocycles. The summed E-state index contributed by atoms with van der Waals surface area (Å²) in [6, 6.07) is 0.819. The highest BCUT2D eigenvalue weighted by molar-refractivity contribution is 7.99. The number of nitrogens with one attached hydrogen (secondary N) is 1. The first kappa shape index (κ1) is 15.4. The summed E-state index contributed by atoms with van der Waals surface area (Å²) in [5.41, 5.74) is 0. The van der Waals surface area contributed by atoms with Crippen molar-refractivity contribution in [3.63, 3.8) is 0 Å². The molecule has 1 N–H and O–H groups in total. The van der Waals surface area contributed by atoms with Crippen LogP contribution < -0.4 is 5.32 Å². The average Bonchev–Trinajstić information content (AvgIpc) is 3.15. The Morgan fingerprint density at radius 3 is 3.05 bits per heavy atom. The van der Waals surface area contributed by atoms with Crippen molar-refractivity contribution in [3.05, 3.63) is 6.33 Å². The summed E-state index contributed by atoms with van der Waals surface area (Å²) in [7, 11) is 0. The van der Waals surface area contributed by atoms with Crippen molar-refractivity contribution in [2.45, 2.75) is 69.6 Å². The van der Waals surface area contributed by atoms with Crippen LogP contribution in [0.4, 0.5) is 0 Å². The van der Waals surface area contributed by atoms with E-state index in [0.29, 0.717) is 11.8 Å². The summed E-state index contributed by atoms with van der Waals surface area (Å²) in [4.78, 5) is 11.9. The van der Waals surface area contributed by atoms with Crippen LogP contribution in [0.15, 0.2) is 11.5 Å². The van der Waals surface area contributed by atoms with Gasteiger partial charge in [0.15, 0.2) is 5.16 Å². The van der Waals surface area contributed by atoms with Crippen molar-refractivity contribution in [3.8, 4) is 0 Å². The minimum absolute atomic E-state index is 0.0874. The van der Waals surface area contributed by atoms with Crippen LogP contribution in [0.1, 0.15) is 58.4 Å². The predicted octanol–water partition coefficient (Wildman–Crippen LogP) is 2.79. The Bertz CT molecular complexity index is 431. The molecule has 1 heterocycles. The van der Waals surface area contributed by atoms with Crippen LogP contribution in [0.25, 0.3) is 0 Å². The van der Waals surface area contributed by atoms with E-state index >= 15 is 0 Å². The Morgan fingerprint density at radius 2 is 2.35 bits per heavy atom. The van der Waals surface area contributed by atoms with E-state index in [4.69, 9.17) is 0 Å². The number of thioether (sulfide) groups is 1. The molecule has 20 heavy (non-hydrogen) atoms. The fourth-order valence-corrected chi connectivity index (χ4v) is 2.95. The van der Waals surface area contributed by atoms with Gasteiger partial charge >= 0.3 is 0 Å². The third-order valence-electron chi connectivity index (χ3n) is 3.46. The van der Waals surface area contributed by atoms with Gasteiger partial charge in [-0.1, -0.05) is 37.9 Å². The van der Waals surface area contributed by atoms with Gasteiger partial charge in [0.05, 0.1) is 5.75 Å². The SMILES string of the molecule is CCCCCC(C)NC(=O)CSc1nncn1C1CC1. The van der Waals surface area contributed by atoms with Gasteiger partial charge in [0.25, 0.3) is 0 Å². The zero-order valence-corrected chi connectivity index (χ0v) is 13.2. The van der Waals surface area contributed by atoms with Gasteiger partial charge in [0.1, 0.15) is 6.33 Å². The van der Waals surface area contributed by atoms with Gasteiger partial charge in [-0.3, -0.25) is 4.79 Å². The number of rotatable bonds is 9. The van der Waals surface area contributed by atoms with Gasteiger partial charge < -0.3 is 9.88 Å². The van der Waals surface area contributed by atoms with E-state index in [1.54, 1.807) is 6.33 Å². The molecule has 0 bridgehead atoms. The molecule has 1 aliphatic carbocycles. The Hall–Kier alpha value is -1.04. The van der Waals surface area contributed by atoms with Crippen LogP contribution in [0.5, 0.6) is 0 Å². The van der Waals surface area contributed by atoms with Gasteiger partial charge in [-0.05, 0) is 26.2 Å². The van der Waals surface area contributed by atoms with E-state index < -0.39 is 0 Å². The van der Waals surface area contributed by atoms with E-state index in [0.717, 1.165) is 11.6 Å². The predicted molar refractivity (Wildman–Crippen MR) is 80.8 cm³/mol. The molecule has 1 aliphatic rings. The molecule has 0 radical (unpaired) electrons. The second-order valence-corrected chi connectivity index (χ2v) is 6.45. The lowest BCUT2D eigenvalue weighted by molar-refractivity contribution is -0.119. The maximum Gasteiger partial charge on any atom is 0.230 e. The molecule has 1 fully saturated rings. The number of hydrogen-bond donors (Lipinski definition) is 1. The van der Waals surface area contributed by atoms with Gasteiger partial charge in [0, 0.05) is 12.1 Å². The topological polar surface area (TPSA) is 59.8 Å². The Labute approximate surface area is 124 Å². The highest BCUT2D eigenvalue weighted by Gasteiger charge is 2.26. The molecule has 0 aliphatic heterocycles. The Balaban J connectivity index is 1.67. The van der Waals surface area contributed by atoms with Crippen LogP contribution in [0.3, 0.4) is 0 Å². The maximum atomic E-state index is 11.9. The molecular weight excluding hydrogens is 272 g/mol. The highest BCUT2D eigenvalue weighted by atomic mass is 32.2. The van der Waals surface area contributed by atoms with E-state index in [2.05, 4.69) is 33.9 Å². The van der Waals surface area contributed by atoms with E-state index in [9.17, 15) is 4.79 Å². The molecular formula is C14H24N4OS. The molecule has 1 amide bonds. The molecule has 5 nitrogen and oxygen atoms in total. The van der Waals surface area contributed by atoms with Crippen LogP contribution in [0.2, 0.25) is 0 Å². The number of amides is 1. The molecule has 1 unspecified atom stereocenters. The second-order valence-electron chi connectivity index (χ2n) is 5.50. The quantitative estimate of drug-likeness (QED) is 0.562. The van der Waals surface area contributed by atoms with Crippen molar-refractivity contribution in [1.82, 2.24) is 20.1 Å². The minimum atomic E-state index is 0.0874. The first-order valence-corrected chi connectivity index (χ1v) is 8.51. The minimum Gasteiger partial charge on any atom is -0.353 e. The van der Waals surface area contributed by atoms with Crippen molar-refractivity contribution < 1.29 is 4.79 Å². The van der Waals surface area contributed by atoms with Crippen LogP contribution in [0, 0.1) is 0 Å². The number of hydrogen-bond acceptors (Lipinski definition) is 4. The van der Waals surface area contributed by atoms with Gasteiger partial charge in [-0.15, -0.1) is 10.2 Å². The zero-order chi connectivity index (χ0) is 14.4. The maximum absolute atomic E-state index is 11.9. The zero-order valence-electron chi connectivity index (χ0n) is 12.3. The first-order chi connectivity index (χ1) is 9.70. The van der Waals surface area contributed by atoms with Gasteiger partial charge in [-0.2, -0.15) is 0 Å². The van der Waals surface area contributed by atoms with Crippen LogP contribution in [-0.4, -0.2) is 32.5 Å². The smallest absolute Gasteiger partial charge is 0.230 e. The fraction of sp³-hybridized carbons (Fsp3) is 0.786. The fourth-order valence-electron chi connectivity index (χ4n) is 2.16. The highest BCUT2D eigenvalue weighted by Crippen LogP contribution is 2.37. The monoisotopic (exact) mass is 296 g/mol. The molecule has 1 atom stereocenters. The number of unbranched alkanes of at least 4 members (excludes halogenated alkanes) is 2. The van der Waals surface area contributed by atoms with Crippen molar-refractivity contribution in [2.24, 2.45) is 0 Å². The number of carbonyl (C=O) groups is 1. The summed E-state index contributed by atoms with van der Waals surface area (Å²) in [5, 5.41) is 11.9. The lowest BCUT2D eigenvalue weighted by Gasteiger charge is -2.13. The molecule has 0 saturated heterocycles. The van der Waals surface area contributed by atoms with E-state index in [1.807, 2.05) is 0 Å². The number of nitrogens with zero attached hydrogens (tertiary/aromatic N) is 3. The van der Waals surface area contributed by atoms with Gasteiger partial charge in [-0.25, -0.2) is 0 Å². The second kappa shape index (κ2) is 7.67. The third kappa shape index (κ3) is 4.81. The summed E-state index contributed by atoms with van der Waals surface area (Å²) < 4.78 is 2.09. The summed E-state index contributed by atoms with van der Waals surface area (Å²) in [6.07, 6.45) is 8.86. The summed E-state index contributed by atoms with van der Waals surface area (Å²) in [6.45, 7) is 4.26. The molecule has 1 aromatic rings. The molecule has 112 valence electrons. The lowest BCUT2D eigenvalue weighted by atomic mass is 10.1. The number of carbonyl (C=O) groups excluding carboxylic acids is 1. The third-order valence-corrected chi connectivity index (χ3v) is 4.42. The van der Waals surface area contributed by atoms with E-state index in [1.165, 1.54) is 43.9 Å². The first-order valence-electron chi connectivity index (χ1n) is 7.52. The van der Waals surface area contributed by atoms with Crippen LogP contribution in [-0.2, 0) is 4.79 Å². The largest absolute Gasteiger partial charge is 0.353 e. The molecule has 2 rings (SSSR count). The number of aromatic nitrogens is 3. The molecule has 0 spiro atoms.